The second kappa shape index (κ2) is 11.9. The molecule has 1 aliphatic rings. The van der Waals surface area contributed by atoms with Gasteiger partial charge in [-0.1, -0.05) is 13.8 Å². The second-order valence-corrected chi connectivity index (χ2v) is 8.46. The van der Waals surface area contributed by atoms with Crippen LogP contribution in [0.3, 0.4) is 0 Å². The number of carbonyl (C=O) groups excluding carboxylic acids is 2. The number of nitrogens with one attached hydrogen (secondary N) is 1. The van der Waals surface area contributed by atoms with E-state index in [-0.39, 0.29) is 18.4 Å². The predicted octanol–water partition coefficient (Wildman–Crippen LogP) is 1.83. The highest BCUT2D eigenvalue weighted by Crippen LogP contribution is 2.31. The van der Waals surface area contributed by atoms with Crippen LogP contribution < -0.4 is 14.8 Å². The van der Waals surface area contributed by atoms with Gasteiger partial charge in [0.15, 0.2) is 11.5 Å². The van der Waals surface area contributed by atoms with E-state index in [1.807, 2.05) is 26.0 Å². The molecule has 1 fully saturated rings. The Morgan fingerprint density at radius 1 is 1.00 bits per heavy atom. The maximum absolute atomic E-state index is 12.5. The molecule has 1 aromatic carbocycles. The molecule has 1 heterocycles. The molecule has 0 aliphatic carbocycles. The van der Waals surface area contributed by atoms with Crippen molar-refractivity contribution in [3.05, 3.63) is 23.3 Å². The lowest BCUT2D eigenvalue weighted by Gasteiger charge is -2.34. The van der Waals surface area contributed by atoms with Crippen molar-refractivity contribution in [2.75, 3.05) is 54.1 Å². The third kappa shape index (κ3) is 7.40. The quantitative estimate of drug-likeness (QED) is 0.562. The molecule has 0 radical (unpaired) electrons. The van der Waals surface area contributed by atoms with Crippen LogP contribution in [-0.2, 0) is 20.9 Å². The van der Waals surface area contributed by atoms with E-state index in [0.29, 0.717) is 6.42 Å². The van der Waals surface area contributed by atoms with Crippen LogP contribution >= 0.6 is 0 Å². The molecular formula is C23H37N3O5. The lowest BCUT2D eigenvalue weighted by molar-refractivity contribution is -0.145. The van der Waals surface area contributed by atoms with Crippen LogP contribution in [0.4, 0.5) is 0 Å². The maximum atomic E-state index is 12.5. The zero-order chi connectivity index (χ0) is 23.0. The third-order valence-electron chi connectivity index (χ3n) is 5.60. The SMILES string of the molecule is COC(=O)[C@H](CC(C)C)NC(=O)CN1CCN(Cc2cc(OC)c(OC)cc2C)CC1. The Morgan fingerprint density at radius 2 is 1.58 bits per heavy atom. The standard InChI is InChI=1S/C23H37N3O5/c1-16(2)11-19(23(28)31-6)24-22(27)15-26-9-7-25(8-10-26)14-18-13-21(30-5)20(29-4)12-17(18)3/h12-13,16,19H,7-11,14-15H2,1-6H3,(H,24,27)/t19-/m0/s1. The van der Waals surface area contributed by atoms with Crippen LogP contribution in [0, 0.1) is 12.8 Å². The molecule has 2 rings (SSSR count). The number of nitrogens with zero attached hydrogens (tertiary/aromatic N) is 2. The zero-order valence-corrected chi connectivity index (χ0v) is 19.7. The number of benzene rings is 1. The molecule has 8 nitrogen and oxygen atoms in total. The fourth-order valence-electron chi connectivity index (χ4n) is 3.81. The lowest BCUT2D eigenvalue weighted by atomic mass is 10.0. The van der Waals surface area contributed by atoms with Crippen molar-refractivity contribution in [1.29, 1.82) is 0 Å². The number of piperazine rings is 1. The first-order chi connectivity index (χ1) is 14.8. The van der Waals surface area contributed by atoms with Gasteiger partial charge in [-0.15, -0.1) is 0 Å². The number of methoxy groups -OCH3 is 3. The first kappa shape index (κ1) is 24.9. The topological polar surface area (TPSA) is 80.3 Å². The van der Waals surface area contributed by atoms with E-state index in [9.17, 15) is 9.59 Å². The minimum absolute atomic E-state index is 0.139. The van der Waals surface area contributed by atoms with Crippen molar-refractivity contribution >= 4 is 11.9 Å². The fraction of sp³-hybridized carbons (Fsp3) is 0.652. The highest BCUT2D eigenvalue weighted by Gasteiger charge is 2.25. The maximum Gasteiger partial charge on any atom is 0.328 e. The summed E-state index contributed by atoms with van der Waals surface area (Å²) >= 11 is 0. The molecule has 8 heteroatoms. The average Bonchev–Trinajstić information content (AvgIpc) is 2.74. The average molecular weight is 436 g/mol. The highest BCUT2D eigenvalue weighted by molar-refractivity contribution is 5.85. The molecule has 1 amide bonds. The summed E-state index contributed by atoms with van der Waals surface area (Å²) in [6, 6.07) is 3.45. The van der Waals surface area contributed by atoms with Crippen LogP contribution in [0.15, 0.2) is 12.1 Å². The summed E-state index contributed by atoms with van der Waals surface area (Å²) in [6.07, 6.45) is 0.566. The summed E-state index contributed by atoms with van der Waals surface area (Å²) < 4.78 is 15.6. The zero-order valence-electron chi connectivity index (χ0n) is 19.7. The van der Waals surface area contributed by atoms with Crippen molar-refractivity contribution in [1.82, 2.24) is 15.1 Å². The van der Waals surface area contributed by atoms with Gasteiger partial charge in [-0.2, -0.15) is 0 Å². The summed E-state index contributed by atoms with van der Waals surface area (Å²) in [6.45, 7) is 10.6. The first-order valence-corrected chi connectivity index (χ1v) is 10.8. The molecule has 0 spiro atoms. The molecule has 0 unspecified atom stereocenters. The van der Waals surface area contributed by atoms with E-state index in [1.54, 1.807) is 14.2 Å². The normalized spacial score (nSPS) is 16.1. The lowest BCUT2D eigenvalue weighted by Crippen LogP contribution is -2.51. The van der Waals surface area contributed by atoms with Gasteiger partial charge in [-0.3, -0.25) is 14.6 Å². The Labute approximate surface area is 185 Å². The molecule has 31 heavy (non-hydrogen) atoms. The Kier molecular flexibility index (Phi) is 9.58. The number of aryl methyl sites for hydroxylation is 1. The second-order valence-electron chi connectivity index (χ2n) is 8.46. The van der Waals surface area contributed by atoms with Gasteiger partial charge in [0.2, 0.25) is 5.91 Å². The smallest absolute Gasteiger partial charge is 0.328 e. The van der Waals surface area contributed by atoms with Crippen LogP contribution in [0.1, 0.15) is 31.4 Å². The van der Waals surface area contributed by atoms with Crippen molar-refractivity contribution < 1.29 is 23.8 Å². The van der Waals surface area contributed by atoms with E-state index in [4.69, 9.17) is 14.2 Å². The molecular weight excluding hydrogens is 398 g/mol. The van der Waals surface area contributed by atoms with Crippen LogP contribution in [-0.4, -0.2) is 81.8 Å². The molecule has 1 aliphatic heterocycles. The summed E-state index contributed by atoms with van der Waals surface area (Å²) in [7, 11) is 4.64. The minimum Gasteiger partial charge on any atom is -0.493 e. The molecule has 1 aromatic rings. The van der Waals surface area contributed by atoms with E-state index < -0.39 is 12.0 Å². The van der Waals surface area contributed by atoms with Crippen molar-refractivity contribution in [2.45, 2.75) is 39.8 Å². The van der Waals surface area contributed by atoms with E-state index in [0.717, 1.165) is 44.2 Å². The van der Waals surface area contributed by atoms with Crippen molar-refractivity contribution in [2.24, 2.45) is 5.92 Å². The van der Waals surface area contributed by atoms with Gasteiger partial charge in [-0.05, 0) is 42.5 Å². The minimum atomic E-state index is -0.591. The Morgan fingerprint density at radius 3 is 2.13 bits per heavy atom. The Bertz CT molecular complexity index is 745. The molecule has 1 saturated heterocycles. The van der Waals surface area contributed by atoms with Crippen LogP contribution in [0.5, 0.6) is 11.5 Å². The molecule has 1 N–H and O–H groups in total. The summed E-state index contributed by atoms with van der Waals surface area (Å²) in [5, 5.41) is 2.83. The molecule has 174 valence electrons. The Balaban J connectivity index is 1.86. The third-order valence-corrected chi connectivity index (χ3v) is 5.60. The van der Waals surface area contributed by atoms with Crippen molar-refractivity contribution in [3.63, 3.8) is 0 Å². The predicted molar refractivity (Wildman–Crippen MR) is 119 cm³/mol. The van der Waals surface area contributed by atoms with E-state index in [1.165, 1.54) is 18.2 Å². The Hall–Kier alpha value is -2.32. The number of hydrogen-bond donors (Lipinski definition) is 1. The van der Waals surface area contributed by atoms with Crippen molar-refractivity contribution in [3.8, 4) is 11.5 Å². The van der Waals surface area contributed by atoms with Gasteiger partial charge < -0.3 is 19.5 Å². The number of esters is 1. The highest BCUT2D eigenvalue weighted by atomic mass is 16.5. The molecule has 1 atom stereocenters. The van der Waals surface area contributed by atoms with Gasteiger partial charge in [0.1, 0.15) is 6.04 Å². The summed E-state index contributed by atoms with van der Waals surface area (Å²) in [4.78, 5) is 28.9. The largest absolute Gasteiger partial charge is 0.493 e. The van der Waals surface area contributed by atoms with E-state index in [2.05, 4.69) is 22.0 Å². The number of ether oxygens (including phenoxy) is 3. The van der Waals surface area contributed by atoms with Gasteiger partial charge in [0, 0.05) is 32.7 Å². The van der Waals surface area contributed by atoms with Gasteiger partial charge in [0.25, 0.3) is 0 Å². The number of hydrogen-bond acceptors (Lipinski definition) is 7. The number of carbonyl (C=O) groups is 2. The number of rotatable bonds is 10. The fourth-order valence-corrected chi connectivity index (χ4v) is 3.81. The number of amides is 1. The van der Waals surface area contributed by atoms with E-state index >= 15 is 0 Å². The monoisotopic (exact) mass is 435 g/mol. The van der Waals surface area contributed by atoms with Gasteiger partial charge in [-0.25, -0.2) is 4.79 Å². The molecule has 0 bridgehead atoms. The van der Waals surface area contributed by atoms with Crippen LogP contribution in [0.2, 0.25) is 0 Å². The first-order valence-electron chi connectivity index (χ1n) is 10.8. The molecule has 0 aromatic heterocycles. The van der Waals surface area contributed by atoms with Gasteiger partial charge >= 0.3 is 5.97 Å². The van der Waals surface area contributed by atoms with Crippen LogP contribution in [0.25, 0.3) is 0 Å². The summed E-state index contributed by atoms with van der Waals surface area (Å²) in [5.74, 6) is 1.23. The van der Waals surface area contributed by atoms with Gasteiger partial charge in [0.05, 0.1) is 27.9 Å². The molecule has 0 saturated carbocycles. The summed E-state index contributed by atoms with van der Waals surface area (Å²) in [5.41, 5.74) is 2.37.